The second-order valence-electron chi connectivity index (χ2n) is 5.37. The molecule has 3 rings (SSSR count). The van der Waals surface area contributed by atoms with Gasteiger partial charge in [-0.1, -0.05) is 11.8 Å². The molecule has 0 aliphatic carbocycles. The van der Waals surface area contributed by atoms with Crippen LogP contribution in [0.4, 0.5) is 0 Å². The minimum absolute atomic E-state index is 0.0585. The van der Waals surface area contributed by atoms with Gasteiger partial charge in [-0.15, -0.1) is 22.7 Å². The molecule has 0 bridgehead atoms. The van der Waals surface area contributed by atoms with Crippen LogP contribution in [0.1, 0.15) is 25.0 Å². The maximum atomic E-state index is 12.4. The number of fused-ring (bicyclic) bond motifs is 1. The highest BCUT2D eigenvalue weighted by atomic mass is 32.2. The van der Waals surface area contributed by atoms with Gasteiger partial charge in [0.05, 0.1) is 11.1 Å². The molecular formula is C16H16N2O2S3. The summed E-state index contributed by atoms with van der Waals surface area (Å²) in [6, 6.07) is 3.80. The van der Waals surface area contributed by atoms with Crippen molar-refractivity contribution in [1.82, 2.24) is 9.55 Å². The molecule has 3 aromatic heterocycles. The molecule has 0 atom stereocenters. The monoisotopic (exact) mass is 364 g/mol. The molecule has 3 heterocycles. The van der Waals surface area contributed by atoms with E-state index in [9.17, 15) is 9.59 Å². The van der Waals surface area contributed by atoms with Gasteiger partial charge in [-0.05, 0) is 32.9 Å². The molecule has 3 aromatic rings. The highest BCUT2D eigenvalue weighted by molar-refractivity contribution is 7.99. The average molecular weight is 365 g/mol. The Morgan fingerprint density at radius 3 is 2.57 bits per heavy atom. The van der Waals surface area contributed by atoms with Crippen LogP contribution >= 0.6 is 34.4 Å². The zero-order valence-electron chi connectivity index (χ0n) is 13.3. The lowest BCUT2D eigenvalue weighted by atomic mass is 10.2. The normalized spacial score (nSPS) is 11.3. The van der Waals surface area contributed by atoms with Crippen molar-refractivity contribution in [3.8, 4) is 0 Å². The van der Waals surface area contributed by atoms with E-state index in [2.05, 4.69) is 4.98 Å². The smallest absolute Gasteiger partial charge is 0.262 e. The first kappa shape index (κ1) is 16.4. The van der Waals surface area contributed by atoms with Gasteiger partial charge in [-0.25, -0.2) is 4.98 Å². The maximum Gasteiger partial charge on any atom is 0.262 e. The maximum absolute atomic E-state index is 12.4. The zero-order chi connectivity index (χ0) is 16.7. The summed E-state index contributed by atoms with van der Waals surface area (Å²) in [7, 11) is 1.70. The van der Waals surface area contributed by atoms with Crippen LogP contribution in [0, 0.1) is 20.8 Å². The van der Waals surface area contributed by atoms with Crippen LogP contribution in [-0.4, -0.2) is 21.1 Å². The van der Waals surface area contributed by atoms with Crippen molar-refractivity contribution in [3.05, 3.63) is 42.7 Å². The SMILES string of the molecule is Cc1cc(C(=O)CSc2nc3sc(C)cc3c(=O)n2C)c(C)s1. The van der Waals surface area contributed by atoms with Gasteiger partial charge in [0.15, 0.2) is 10.9 Å². The van der Waals surface area contributed by atoms with Gasteiger partial charge in [-0.3, -0.25) is 14.2 Å². The van der Waals surface area contributed by atoms with E-state index in [1.807, 2.05) is 32.9 Å². The molecule has 0 fully saturated rings. The third-order valence-electron chi connectivity index (χ3n) is 3.53. The fourth-order valence-corrected chi connectivity index (χ4v) is 5.13. The lowest BCUT2D eigenvalue weighted by Crippen LogP contribution is -2.19. The second-order valence-corrected chi connectivity index (χ2v) is 9.01. The second kappa shape index (κ2) is 6.22. The van der Waals surface area contributed by atoms with Crippen molar-refractivity contribution >= 4 is 50.4 Å². The average Bonchev–Trinajstić information content (AvgIpc) is 3.02. The Bertz CT molecular complexity index is 966. The van der Waals surface area contributed by atoms with Crippen LogP contribution in [0.2, 0.25) is 0 Å². The molecule has 120 valence electrons. The highest BCUT2D eigenvalue weighted by Gasteiger charge is 2.15. The van der Waals surface area contributed by atoms with E-state index in [1.165, 1.54) is 27.7 Å². The van der Waals surface area contributed by atoms with E-state index in [1.54, 1.807) is 18.4 Å². The molecule has 0 aromatic carbocycles. The number of nitrogens with zero attached hydrogens (tertiary/aromatic N) is 2. The van der Waals surface area contributed by atoms with E-state index in [-0.39, 0.29) is 17.1 Å². The third-order valence-corrected chi connectivity index (χ3v) is 6.47. The van der Waals surface area contributed by atoms with Gasteiger partial charge in [0.2, 0.25) is 0 Å². The van der Waals surface area contributed by atoms with Gasteiger partial charge in [-0.2, -0.15) is 0 Å². The Balaban J connectivity index is 1.87. The molecule has 0 saturated carbocycles. The van der Waals surface area contributed by atoms with Gasteiger partial charge >= 0.3 is 0 Å². The molecule has 7 heteroatoms. The summed E-state index contributed by atoms with van der Waals surface area (Å²) in [5.74, 6) is 0.362. The number of carbonyl (C=O) groups excluding carboxylic acids is 1. The summed E-state index contributed by atoms with van der Waals surface area (Å²) in [5, 5.41) is 1.23. The summed E-state index contributed by atoms with van der Waals surface area (Å²) >= 11 is 4.45. The molecular weight excluding hydrogens is 348 g/mol. The Morgan fingerprint density at radius 1 is 1.22 bits per heavy atom. The number of ketones is 1. The van der Waals surface area contributed by atoms with Gasteiger partial charge < -0.3 is 0 Å². The number of aryl methyl sites for hydroxylation is 3. The van der Waals surface area contributed by atoms with E-state index >= 15 is 0 Å². The van der Waals surface area contributed by atoms with Crippen molar-refractivity contribution in [3.63, 3.8) is 0 Å². The Labute approximate surface area is 146 Å². The molecule has 0 amide bonds. The fourth-order valence-electron chi connectivity index (χ4n) is 2.41. The first-order valence-electron chi connectivity index (χ1n) is 7.07. The number of carbonyl (C=O) groups is 1. The topological polar surface area (TPSA) is 52.0 Å². The summed E-state index contributed by atoms with van der Waals surface area (Å²) in [6.07, 6.45) is 0. The number of thiophene rings is 2. The predicted octanol–water partition coefficient (Wildman–Crippen LogP) is 3.96. The molecule has 0 unspecified atom stereocenters. The number of hydrogen-bond acceptors (Lipinski definition) is 6. The molecule has 4 nitrogen and oxygen atoms in total. The number of thioether (sulfide) groups is 1. The van der Waals surface area contributed by atoms with E-state index in [0.717, 1.165) is 25.0 Å². The van der Waals surface area contributed by atoms with Crippen LogP contribution in [0.5, 0.6) is 0 Å². The van der Waals surface area contributed by atoms with Crippen LogP contribution in [0.3, 0.4) is 0 Å². The molecule has 0 saturated heterocycles. The lowest BCUT2D eigenvalue weighted by molar-refractivity contribution is 0.102. The van der Waals surface area contributed by atoms with Crippen molar-refractivity contribution in [2.24, 2.45) is 7.05 Å². The number of hydrogen-bond donors (Lipinski definition) is 0. The summed E-state index contributed by atoms with van der Waals surface area (Å²) in [4.78, 5) is 33.3. The largest absolute Gasteiger partial charge is 0.293 e. The molecule has 0 aliphatic rings. The predicted molar refractivity (Wildman–Crippen MR) is 98.4 cm³/mol. The van der Waals surface area contributed by atoms with E-state index in [0.29, 0.717) is 10.5 Å². The third kappa shape index (κ3) is 3.13. The van der Waals surface area contributed by atoms with Crippen LogP contribution in [0.15, 0.2) is 22.1 Å². The van der Waals surface area contributed by atoms with Crippen molar-refractivity contribution in [2.45, 2.75) is 25.9 Å². The van der Waals surface area contributed by atoms with E-state index < -0.39 is 0 Å². The van der Waals surface area contributed by atoms with Gasteiger partial charge in [0, 0.05) is 27.2 Å². The fraction of sp³-hybridized carbons (Fsp3) is 0.312. The van der Waals surface area contributed by atoms with E-state index in [4.69, 9.17) is 0 Å². The standard InChI is InChI=1S/C16H16N2O2S3/c1-8-5-11(10(3)22-8)13(19)7-21-16-17-14-12(6-9(2)23-14)15(20)18(16)4/h5-6H,7H2,1-4H3. The quantitative estimate of drug-likeness (QED) is 0.399. The molecule has 0 spiro atoms. The number of aromatic nitrogens is 2. The van der Waals surface area contributed by atoms with Crippen molar-refractivity contribution in [1.29, 1.82) is 0 Å². The Kier molecular flexibility index (Phi) is 4.44. The zero-order valence-corrected chi connectivity index (χ0v) is 15.7. The molecule has 0 N–H and O–H groups in total. The Hall–Kier alpha value is -1.44. The Morgan fingerprint density at radius 2 is 1.91 bits per heavy atom. The minimum Gasteiger partial charge on any atom is -0.293 e. The number of rotatable bonds is 4. The first-order valence-corrected chi connectivity index (χ1v) is 9.69. The number of Topliss-reactive ketones (excluding diaryl/α,β-unsaturated/α-hetero) is 1. The molecule has 0 aliphatic heterocycles. The van der Waals surface area contributed by atoms with Gasteiger partial charge in [0.25, 0.3) is 5.56 Å². The minimum atomic E-state index is -0.0585. The van der Waals surface area contributed by atoms with Gasteiger partial charge in [0.1, 0.15) is 4.83 Å². The molecule has 23 heavy (non-hydrogen) atoms. The highest BCUT2D eigenvalue weighted by Crippen LogP contribution is 2.26. The van der Waals surface area contributed by atoms with Crippen LogP contribution in [0.25, 0.3) is 10.2 Å². The summed E-state index contributed by atoms with van der Waals surface area (Å²) in [6.45, 7) is 5.92. The first-order chi connectivity index (χ1) is 10.9. The van der Waals surface area contributed by atoms with Crippen LogP contribution in [-0.2, 0) is 7.05 Å². The van der Waals surface area contributed by atoms with Crippen LogP contribution < -0.4 is 5.56 Å². The lowest BCUT2D eigenvalue weighted by Gasteiger charge is -2.06. The summed E-state index contributed by atoms with van der Waals surface area (Å²) < 4.78 is 1.53. The van der Waals surface area contributed by atoms with Crippen molar-refractivity contribution in [2.75, 3.05) is 5.75 Å². The summed E-state index contributed by atoms with van der Waals surface area (Å²) in [5.41, 5.74) is 0.718. The molecule has 0 radical (unpaired) electrons. The van der Waals surface area contributed by atoms with Crippen molar-refractivity contribution < 1.29 is 4.79 Å².